The first kappa shape index (κ1) is 14.6. The predicted octanol–water partition coefficient (Wildman–Crippen LogP) is 1.90. The highest BCUT2D eigenvalue weighted by atomic mass is 79.9. The van der Waals surface area contributed by atoms with Gasteiger partial charge in [0, 0.05) is 6.20 Å². The lowest BCUT2D eigenvalue weighted by Gasteiger charge is -2.11. The van der Waals surface area contributed by atoms with E-state index in [1.807, 2.05) is 0 Å². The Bertz CT molecular complexity index is 637. The third-order valence-corrected chi connectivity index (χ3v) is 3.11. The van der Waals surface area contributed by atoms with Crippen LogP contribution in [-0.4, -0.2) is 26.2 Å². The molecule has 0 radical (unpaired) electrons. The smallest absolute Gasteiger partial charge is 0.377 e. The Morgan fingerprint density at radius 1 is 1.45 bits per heavy atom. The number of aromatic nitrogens is 4. The van der Waals surface area contributed by atoms with Crippen LogP contribution in [0.25, 0.3) is 0 Å². The molecule has 0 bridgehead atoms. The highest BCUT2D eigenvalue weighted by Crippen LogP contribution is 2.19. The van der Waals surface area contributed by atoms with E-state index in [1.165, 1.54) is 0 Å². The van der Waals surface area contributed by atoms with E-state index >= 15 is 0 Å². The molecule has 2 heterocycles. The van der Waals surface area contributed by atoms with E-state index in [0.717, 1.165) is 11.9 Å². The topological polar surface area (TPSA) is 75.6 Å². The largest absolute Gasteiger partial charge is 0.408 e. The fourth-order valence-corrected chi connectivity index (χ4v) is 1.89. The van der Waals surface area contributed by atoms with Crippen molar-refractivity contribution in [1.82, 2.24) is 20.0 Å². The van der Waals surface area contributed by atoms with Gasteiger partial charge in [-0.1, -0.05) is 0 Å². The number of nitrogens with one attached hydrogen (secondary N) is 2. The van der Waals surface area contributed by atoms with Crippen LogP contribution in [0.2, 0.25) is 0 Å². The molecule has 2 aromatic heterocycles. The number of hydrogen-bond donors (Lipinski definition) is 2. The zero-order valence-electron chi connectivity index (χ0n) is 9.91. The molecule has 108 valence electrons. The third kappa shape index (κ3) is 3.59. The summed E-state index contributed by atoms with van der Waals surface area (Å²) in [6, 6.07) is 1.72. The van der Waals surface area contributed by atoms with Crippen molar-refractivity contribution in [1.29, 1.82) is 0 Å². The van der Waals surface area contributed by atoms with Crippen molar-refractivity contribution in [2.45, 2.75) is 19.3 Å². The molecule has 0 aliphatic heterocycles. The summed E-state index contributed by atoms with van der Waals surface area (Å²) in [4.78, 5) is 11.7. The fourth-order valence-electron chi connectivity index (χ4n) is 1.44. The summed E-state index contributed by atoms with van der Waals surface area (Å²) < 4.78 is 37.1. The number of alkyl halides is 3. The molecule has 0 amide bonds. The maximum atomic E-state index is 12.2. The lowest BCUT2D eigenvalue weighted by molar-refractivity contribution is -0.143. The van der Waals surface area contributed by atoms with Gasteiger partial charge in [-0.2, -0.15) is 23.4 Å². The number of H-pyrrole nitrogens is 1. The highest BCUT2D eigenvalue weighted by molar-refractivity contribution is 9.10. The third-order valence-electron chi connectivity index (χ3n) is 2.34. The van der Waals surface area contributed by atoms with Crippen molar-refractivity contribution in [3.05, 3.63) is 39.0 Å². The Labute approximate surface area is 119 Å². The Kier molecular flexibility index (Phi) is 4.12. The standard InChI is InChI=1S/C10H9BrF3N5O/c11-8-7(15-3-6-1-2-16-18-6)4-17-19(9(8)20)5-10(12,13)14/h1-2,4,15H,3,5H2,(H,16,18). The van der Waals surface area contributed by atoms with Gasteiger partial charge in [-0.05, 0) is 22.0 Å². The molecule has 0 spiro atoms. The molecule has 0 saturated carbocycles. The van der Waals surface area contributed by atoms with Crippen molar-refractivity contribution in [2.24, 2.45) is 0 Å². The highest BCUT2D eigenvalue weighted by Gasteiger charge is 2.29. The Morgan fingerprint density at radius 2 is 2.20 bits per heavy atom. The van der Waals surface area contributed by atoms with Crippen LogP contribution >= 0.6 is 15.9 Å². The van der Waals surface area contributed by atoms with E-state index in [2.05, 4.69) is 36.5 Å². The number of halogens is 4. The maximum absolute atomic E-state index is 12.2. The molecule has 0 saturated heterocycles. The Hall–Kier alpha value is -1.84. The van der Waals surface area contributed by atoms with Crippen LogP contribution in [-0.2, 0) is 13.1 Å². The van der Waals surface area contributed by atoms with Gasteiger partial charge in [0.15, 0.2) is 0 Å². The Morgan fingerprint density at radius 3 is 2.80 bits per heavy atom. The van der Waals surface area contributed by atoms with Crippen molar-refractivity contribution < 1.29 is 13.2 Å². The van der Waals surface area contributed by atoms with Gasteiger partial charge in [0.05, 0.1) is 24.1 Å². The molecule has 20 heavy (non-hydrogen) atoms. The van der Waals surface area contributed by atoms with E-state index in [0.29, 0.717) is 16.9 Å². The lowest BCUT2D eigenvalue weighted by Crippen LogP contribution is -2.31. The van der Waals surface area contributed by atoms with Crippen molar-refractivity contribution in [3.8, 4) is 0 Å². The van der Waals surface area contributed by atoms with Gasteiger partial charge in [0.25, 0.3) is 5.56 Å². The van der Waals surface area contributed by atoms with Gasteiger partial charge in [0.2, 0.25) is 0 Å². The molecule has 2 aromatic rings. The van der Waals surface area contributed by atoms with Gasteiger partial charge in [-0.25, -0.2) is 4.68 Å². The minimum atomic E-state index is -4.50. The first-order valence-electron chi connectivity index (χ1n) is 5.41. The summed E-state index contributed by atoms with van der Waals surface area (Å²) in [5.41, 5.74) is 0.219. The van der Waals surface area contributed by atoms with Gasteiger partial charge in [0.1, 0.15) is 11.0 Å². The maximum Gasteiger partial charge on any atom is 0.408 e. The molecular formula is C10H9BrF3N5O. The lowest BCUT2D eigenvalue weighted by atomic mass is 10.4. The number of aromatic amines is 1. The number of anilines is 1. The number of nitrogens with zero attached hydrogens (tertiary/aromatic N) is 3. The van der Waals surface area contributed by atoms with Crippen molar-refractivity contribution >= 4 is 21.6 Å². The summed E-state index contributed by atoms with van der Waals surface area (Å²) in [5, 5.41) is 12.8. The Balaban J connectivity index is 2.16. The zero-order valence-corrected chi connectivity index (χ0v) is 11.5. The van der Waals surface area contributed by atoms with E-state index < -0.39 is 18.3 Å². The van der Waals surface area contributed by atoms with Gasteiger partial charge >= 0.3 is 6.18 Å². The normalized spacial score (nSPS) is 11.6. The second-order valence-electron chi connectivity index (χ2n) is 3.89. The molecule has 2 N–H and O–H groups in total. The molecule has 0 unspecified atom stereocenters. The molecule has 0 aliphatic rings. The summed E-state index contributed by atoms with van der Waals surface area (Å²) in [6.45, 7) is -1.09. The fraction of sp³-hybridized carbons (Fsp3) is 0.300. The minimum Gasteiger partial charge on any atom is -0.377 e. The minimum absolute atomic E-state index is 0.00346. The number of hydrogen-bond acceptors (Lipinski definition) is 4. The van der Waals surface area contributed by atoms with E-state index in [-0.39, 0.29) is 4.47 Å². The SMILES string of the molecule is O=c1c(Br)c(NCc2ccn[nH]2)cnn1CC(F)(F)F. The van der Waals surface area contributed by atoms with Crippen LogP contribution in [0.3, 0.4) is 0 Å². The van der Waals surface area contributed by atoms with E-state index in [1.54, 1.807) is 12.3 Å². The van der Waals surface area contributed by atoms with Crippen LogP contribution in [0.4, 0.5) is 18.9 Å². The zero-order chi connectivity index (χ0) is 14.8. The molecule has 10 heteroatoms. The summed E-state index contributed by atoms with van der Waals surface area (Å²) in [5.74, 6) is 0. The predicted molar refractivity (Wildman–Crippen MR) is 68.2 cm³/mol. The van der Waals surface area contributed by atoms with E-state index in [4.69, 9.17) is 0 Å². The molecule has 0 aromatic carbocycles. The second-order valence-corrected chi connectivity index (χ2v) is 4.68. The average molecular weight is 352 g/mol. The van der Waals surface area contributed by atoms with Gasteiger partial charge < -0.3 is 5.32 Å². The van der Waals surface area contributed by atoms with Crippen LogP contribution in [0.15, 0.2) is 27.7 Å². The molecule has 6 nitrogen and oxygen atoms in total. The second kappa shape index (κ2) is 5.65. The first-order valence-corrected chi connectivity index (χ1v) is 6.20. The summed E-state index contributed by atoms with van der Waals surface area (Å²) in [6.07, 6.45) is -1.78. The van der Waals surface area contributed by atoms with Gasteiger partial charge in [-0.15, -0.1) is 0 Å². The molecule has 2 rings (SSSR count). The molecular weight excluding hydrogens is 343 g/mol. The van der Waals surface area contributed by atoms with Crippen LogP contribution in [0.1, 0.15) is 5.69 Å². The van der Waals surface area contributed by atoms with E-state index in [9.17, 15) is 18.0 Å². The van der Waals surface area contributed by atoms with Crippen LogP contribution in [0, 0.1) is 0 Å². The number of rotatable bonds is 4. The molecule has 0 atom stereocenters. The summed E-state index contributed by atoms with van der Waals surface area (Å²) in [7, 11) is 0. The molecule has 0 aliphatic carbocycles. The average Bonchev–Trinajstić information content (AvgIpc) is 2.86. The van der Waals surface area contributed by atoms with Crippen molar-refractivity contribution in [3.63, 3.8) is 0 Å². The monoisotopic (exact) mass is 351 g/mol. The summed E-state index contributed by atoms with van der Waals surface area (Å²) >= 11 is 2.97. The molecule has 0 fully saturated rings. The van der Waals surface area contributed by atoms with Crippen LogP contribution < -0.4 is 10.9 Å². The van der Waals surface area contributed by atoms with Crippen molar-refractivity contribution in [2.75, 3.05) is 5.32 Å². The first-order chi connectivity index (χ1) is 9.37. The van der Waals surface area contributed by atoms with Crippen LogP contribution in [0.5, 0.6) is 0 Å². The quantitative estimate of drug-likeness (QED) is 0.882. The van der Waals surface area contributed by atoms with Gasteiger partial charge in [-0.3, -0.25) is 9.89 Å².